The zero-order valence-corrected chi connectivity index (χ0v) is 34.3. The maximum Gasteiger partial charge on any atom is 0.517 e. The summed E-state index contributed by atoms with van der Waals surface area (Å²) in [6.45, 7) is 0.225. The Kier molecular flexibility index (Phi) is 19.7. The van der Waals surface area contributed by atoms with E-state index in [1.165, 1.54) is 66.8 Å². The van der Waals surface area contributed by atoms with Crippen molar-refractivity contribution in [2.24, 2.45) is 15.0 Å². The molecule has 286 valence electrons. The molecule has 0 bridgehead atoms. The highest BCUT2D eigenvalue weighted by molar-refractivity contribution is 8.55. The Hall–Kier alpha value is -3.87. The Labute approximate surface area is 314 Å². The normalized spacial score (nSPS) is 13.4. The second-order valence-corrected chi connectivity index (χ2v) is 20.4. The number of nitrogens with one attached hydrogen (secondary N) is 1. The number of nitrogens with zero attached hydrogens (tertiary/aromatic N) is 3. The van der Waals surface area contributed by atoms with Gasteiger partial charge in [-0.05, 0) is 85.6 Å². The lowest BCUT2D eigenvalue weighted by Crippen LogP contribution is -2.68. The predicted octanol–water partition coefficient (Wildman–Crippen LogP) is 6.91. The second kappa shape index (κ2) is 23.0. The lowest BCUT2D eigenvalue weighted by atomic mass is 10.3. The Morgan fingerprint density at radius 3 is 1.15 bits per heavy atom. The van der Waals surface area contributed by atoms with Gasteiger partial charge in [-0.2, -0.15) is 15.0 Å². The van der Waals surface area contributed by atoms with Crippen molar-refractivity contribution in [2.45, 2.75) is 42.9 Å². The molecule has 1 N–H and O–H groups in total. The largest absolute Gasteiger partial charge is 0.517 e. The van der Waals surface area contributed by atoms with Gasteiger partial charge in [-0.3, -0.25) is 0 Å². The first-order valence-electron chi connectivity index (χ1n) is 15.8. The van der Waals surface area contributed by atoms with Crippen LogP contribution in [0.1, 0.15) is 26.7 Å². The standard InChI is InChI=1S/C21H12N3O6PS.C12H31NO6Si2/c25-13-22-16-1-7-19(8-2-16)29-31(28,30-20-9-3-17(4-10-20)23-14-26)32-21-11-5-18(6-12-21)24-15-27;1-9-11(20(14-3,15-4)16-5)13-12(10-2)21(17-6,18-7)19-8/h1-12H;11-13H,9-10H2,1-8H3. The molecule has 0 heterocycles. The molecule has 0 aliphatic heterocycles. The summed E-state index contributed by atoms with van der Waals surface area (Å²) >= 11 is 0.836. The highest BCUT2D eigenvalue weighted by atomic mass is 32.7. The Morgan fingerprint density at radius 1 is 0.585 bits per heavy atom. The van der Waals surface area contributed by atoms with E-state index in [0.717, 1.165) is 24.2 Å². The van der Waals surface area contributed by atoms with E-state index >= 15 is 0 Å². The summed E-state index contributed by atoms with van der Waals surface area (Å²) in [4.78, 5) is 42.2. The Bertz CT molecular complexity index is 1550. The minimum absolute atomic E-state index is 0.0743. The topological polar surface area (TPSA) is 191 Å². The van der Waals surface area contributed by atoms with Crippen molar-refractivity contribution in [2.75, 3.05) is 42.7 Å². The first-order chi connectivity index (χ1) is 25.5. The second-order valence-electron chi connectivity index (χ2n) is 10.3. The molecule has 3 rings (SSSR count). The minimum atomic E-state index is -3.88. The van der Waals surface area contributed by atoms with E-state index in [0.29, 0.717) is 22.0 Å². The number of hydrogen-bond donors (Lipinski definition) is 1. The molecule has 3 aromatic rings. The van der Waals surface area contributed by atoms with Crippen molar-refractivity contribution in [3.8, 4) is 11.5 Å². The average Bonchev–Trinajstić information content (AvgIpc) is 3.18. The van der Waals surface area contributed by atoms with Crippen LogP contribution < -0.4 is 14.4 Å². The number of isocyanates is 3. The first-order valence-corrected chi connectivity index (χ1v) is 22.4. The summed E-state index contributed by atoms with van der Waals surface area (Å²) in [6.07, 6.45) is 5.89. The van der Waals surface area contributed by atoms with Gasteiger partial charge in [0, 0.05) is 58.9 Å². The molecule has 53 heavy (non-hydrogen) atoms. The molecule has 16 nitrogen and oxygen atoms in total. The highest BCUT2D eigenvalue weighted by Gasteiger charge is 2.53. The van der Waals surface area contributed by atoms with Crippen molar-refractivity contribution in [3.63, 3.8) is 0 Å². The predicted molar refractivity (Wildman–Crippen MR) is 202 cm³/mol. The van der Waals surface area contributed by atoms with Gasteiger partial charge in [0.15, 0.2) is 0 Å². The van der Waals surface area contributed by atoms with Crippen molar-refractivity contribution in [1.82, 2.24) is 5.32 Å². The zero-order valence-electron chi connectivity index (χ0n) is 30.6. The molecule has 0 radical (unpaired) electrons. The molecule has 0 spiro atoms. The molecular formula is C33H43N4O12PSSi2. The molecule has 0 aliphatic carbocycles. The number of hydrogen-bond acceptors (Lipinski definition) is 17. The third-order valence-corrected chi connectivity index (χ3v) is 17.1. The molecule has 0 aliphatic rings. The molecule has 0 amide bonds. The zero-order chi connectivity index (χ0) is 39.3. The highest BCUT2D eigenvalue weighted by Crippen LogP contribution is 2.62. The Morgan fingerprint density at radius 2 is 0.887 bits per heavy atom. The summed E-state index contributed by atoms with van der Waals surface area (Å²) in [5.41, 5.74) is 0.949. The lowest BCUT2D eigenvalue weighted by molar-refractivity contribution is 0.0893. The van der Waals surface area contributed by atoms with E-state index in [2.05, 4.69) is 34.1 Å². The van der Waals surface area contributed by atoms with Crippen molar-refractivity contribution in [3.05, 3.63) is 72.8 Å². The Balaban J connectivity index is 0.000000404. The van der Waals surface area contributed by atoms with Gasteiger partial charge in [0.2, 0.25) is 18.2 Å². The third kappa shape index (κ3) is 13.2. The van der Waals surface area contributed by atoms with Gasteiger partial charge in [-0.15, -0.1) is 0 Å². The van der Waals surface area contributed by atoms with Crippen molar-refractivity contribution < 1.29 is 54.6 Å². The molecule has 2 unspecified atom stereocenters. The molecule has 0 aromatic heterocycles. The molecule has 0 saturated carbocycles. The van der Waals surface area contributed by atoms with Crippen LogP contribution in [0, 0.1) is 0 Å². The fourth-order valence-electron chi connectivity index (χ4n) is 4.88. The van der Waals surface area contributed by atoms with Gasteiger partial charge in [0.25, 0.3) is 0 Å². The molecule has 20 heteroatoms. The van der Waals surface area contributed by atoms with Crippen LogP contribution in [0.4, 0.5) is 17.1 Å². The van der Waals surface area contributed by atoms with Gasteiger partial charge in [-0.25, -0.2) is 18.9 Å². The molecule has 0 fully saturated rings. The fourth-order valence-corrected chi connectivity index (χ4v) is 12.8. The monoisotopic (exact) mass is 806 g/mol. The van der Waals surface area contributed by atoms with E-state index < -0.39 is 24.4 Å². The average molecular weight is 807 g/mol. The van der Waals surface area contributed by atoms with Crippen LogP contribution in [-0.2, 0) is 45.5 Å². The van der Waals surface area contributed by atoms with Gasteiger partial charge < -0.3 is 40.9 Å². The number of rotatable bonds is 21. The third-order valence-electron chi connectivity index (χ3n) is 7.47. The SMILES string of the molecule is CCC(NC(CC)[Si](OC)(OC)OC)[Si](OC)(OC)OC.O=C=Nc1ccc(OP(=O)(Oc2ccc(N=C=O)cc2)Sc2ccc(N=C=O)cc2)cc1. The molecule has 0 saturated heterocycles. The van der Waals surface area contributed by atoms with Crippen molar-refractivity contribution >= 4 is 71.1 Å². The van der Waals surface area contributed by atoms with Crippen LogP contribution in [0.5, 0.6) is 11.5 Å². The maximum absolute atomic E-state index is 13.6. The number of carbonyl (C=O) groups excluding carboxylic acids is 3. The van der Waals surface area contributed by atoms with E-state index in [1.807, 2.05) is 0 Å². The van der Waals surface area contributed by atoms with Crippen LogP contribution in [0.2, 0.25) is 0 Å². The van der Waals surface area contributed by atoms with E-state index in [1.54, 1.807) is 66.9 Å². The summed E-state index contributed by atoms with van der Waals surface area (Å²) < 4.78 is 58.4. The summed E-state index contributed by atoms with van der Waals surface area (Å²) in [5.74, 6) is 0.435. The number of benzene rings is 3. The van der Waals surface area contributed by atoms with E-state index in [-0.39, 0.29) is 22.8 Å². The first kappa shape index (κ1) is 45.3. The van der Waals surface area contributed by atoms with Gasteiger partial charge >= 0.3 is 24.4 Å². The van der Waals surface area contributed by atoms with Crippen LogP contribution >= 0.6 is 18.2 Å². The quantitative estimate of drug-likeness (QED) is 0.0505. The van der Waals surface area contributed by atoms with Crippen LogP contribution in [0.15, 0.2) is 92.7 Å². The van der Waals surface area contributed by atoms with E-state index in [9.17, 15) is 18.9 Å². The van der Waals surface area contributed by atoms with Crippen LogP contribution in [-0.4, -0.2) is 89.8 Å². The van der Waals surface area contributed by atoms with Gasteiger partial charge in [-0.1, -0.05) is 13.8 Å². The summed E-state index contributed by atoms with van der Waals surface area (Å²) in [5, 5.41) is 3.51. The van der Waals surface area contributed by atoms with E-state index in [4.69, 9.17) is 35.6 Å². The summed E-state index contributed by atoms with van der Waals surface area (Å²) in [7, 11) is 4.06. The van der Waals surface area contributed by atoms with Crippen LogP contribution in [0.25, 0.3) is 0 Å². The van der Waals surface area contributed by atoms with Gasteiger partial charge in [0.1, 0.15) is 11.5 Å². The smallest absolute Gasteiger partial charge is 0.408 e. The molecule has 3 aromatic carbocycles. The van der Waals surface area contributed by atoms with Crippen LogP contribution in [0.3, 0.4) is 0 Å². The van der Waals surface area contributed by atoms with Gasteiger partial charge in [0.05, 0.1) is 28.4 Å². The summed E-state index contributed by atoms with van der Waals surface area (Å²) in [6, 6.07) is 18.2. The molecular weight excluding hydrogens is 764 g/mol. The molecule has 2 atom stereocenters. The lowest BCUT2D eigenvalue weighted by Gasteiger charge is -2.38. The number of aliphatic imine (C=N–C) groups is 3. The minimum Gasteiger partial charge on any atom is -0.408 e. The fraction of sp³-hybridized carbons (Fsp3) is 0.364. The maximum atomic E-state index is 13.6. The van der Waals surface area contributed by atoms with Crippen molar-refractivity contribution in [1.29, 1.82) is 0 Å².